The van der Waals surface area contributed by atoms with Gasteiger partial charge in [-0.05, 0) is 20.0 Å². The smallest absolute Gasteiger partial charge is 0.221 e. The third-order valence-corrected chi connectivity index (χ3v) is 2.34. The normalized spacial score (nSPS) is 12.9. The fourth-order valence-electron chi connectivity index (χ4n) is 1.35. The SMILES string of the molecule is CCN(CC)CC(C)NC(=O)CCCl. The van der Waals surface area contributed by atoms with Crippen LogP contribution in [0, 0.1) is 0 Å². The van der Waals surface area contributed by atoms with Gasteiger partial charge in [-0.25, -0.2) is 0 Å². The summed E-state index contributed by atoms with van der Waals surface area (Å²) < 4.78 is 0. The van der Waals surface area contributed by atoms with Crippen LogP contribution < -0.4 is 5.32 Å². The maximum atomic E-state index is 11.2. The average Bonchev–Trinajstić information content (AvgIpc) is 2.14. The molecule has 14 heavy (non-hydrogen) atoms. The lowest BCUT2D eigenvalue weighted by Gasteiger charge is -2.23. The molecule has 3 nitrogen and oxygen atoms in total. The molecule has 1 N–H and O–H groups in total. The van der Waals surface area contributed by atoms with Gasteiger partial charge in [-0.1, -0.05) is 13.8 Å². The minimum Gasteiger partial charge on any atom is -0.352 e. The molecular formula is C10H21ClN2O. The molecule has 0 aliphatic carbocycles. The number of amides is 1. The first-order valence-electron chi connectivity index (χ1n) is 5.21. The Morgan fingerprint density at radius 1 is 1.43 bits per heavy atom. The number of nitrogens with one attached hydrogen (secondary N) is 1. The molecule has 0 bridgehead atoms. The van der Waals surface area contributed by atoms with E-state index in [1.54, 1.807) is 0 Å². The van der Waals surface area contributed by atoms with Gasteiger partial charge >= 0.3 is 0 Å². The average molecular weight is 221 g/mol. The Kier molecular flexibility index (Phi) is 7.90. The van der Waals surface area contributed by atoms with Crippen molar-refractivity contribution < 1.29 is 4.79 Å². The summed E-state index contributed by atoms with van der Waals surface area (Å²) in [6.07, 6.45) is 0.407. The van der Waals surface area contributed by atoms with Crippen molar-refractivity contribution in [3.63, 3.8) is 0 Å². The zero-order valence-corrected chi connectivity index (χ0v) is 10.1. The van der Waals surface area contributed by atoms with Gasteiger partial charge in [0.15, 0.2) is 0 Å². The summed E-state index contributed by atoms with van der Waals surface area (Å²) in [7, 11) is 0. The van der Waals surface area contributed by atoms with E-state index in [1.165, 1.54) is 0 Å². The van der Waals surface area contributed by atoms with E-state index in [-0.39, 0.29) is 11.9 Å². The molecule has 0 spiro atoms. The Morgan fingerprint density at radius 2 is 2.00 bits per heavy atom. The largest absolute Gasteiger partial charge is 0.352 e. The van der Waals surface area contributed by atoms with Crippen molar-refractivity contribution in [1.29, 1.82) is 0 Å². The van der Waals surface area contributed by atoms with Crippen molar-refractivity contribution in [2.45, 2.75) is 33.2 Å². The lowest BCUT2D eigenvalue weighted by atomic mass is 10.3. The highest BCUT2D eigenvalue weighted by Crippen LogP contribution is 1.93. The van der Waals surface area contributed by atoms with Crippen molar-refractivity contribution >= 4 is 17.5 Å². The van der Waals surface area contributed by atoms with E-state index < -0.39 is 0 Å². The van der Waals surface area contributed by atoms with Crippen molar-refractivity contribution in [3.05, 3.63) is 0 Å². The van der Waals surface area contributed by atoms with Gasteiger partial charge in [-0.15, -0.1) is 11.6 Å². The van der Waals surface area contributed by atoms with Gasteiger partial charge in [0.05, 0.1) is 0 Å². The van der Waals surface area contributed by atoms with Gasteiger partial charge in [0.1, 0.15) is 0 Å². The third-order valence-electron chi connectivity index (χ3n) is 2.16. The number of nitrogens with zero attached hydrogens (tertiary/aromatic N) is 1. The van der Waals surface area contributed by atoms with Crippen molar-refractivity contribution in [3.8, 4) is 0 Å². The molecule has 0 aliphatic rings. The number of carbonyl (C=O) groups is 1. The zero-order valence-electron chi connectivity index (χ0n) is 9.35. The van der Waals surface area contributed by atoms with Crippen LogP contribution in [0.5, 0.6) is 0 Å². The number of hydrogen-bond donors (Lipinski definition) is 1. The molecule has 0 rings (SSSR count). The van der Waals surface area contributed by atoms with Crippen LogP contribution in [0.4, 0.5) is 0 Å². The second-order valence-corrected chi connectivity index (χ2v) is 3.77. The molecule has 84 valence electrons. The fourth-order valence-corrected chi connectivity index (χ4v) is 1.52. The summed E-state index contributed by atoms with van der Waals surface area (Å²) in [5.74, 6) is 0.434. The number of likely N-dealkylation sites (N-methyl/N-ethyl adjacent to an activating group) is 1. The Labute approximate surface area is 91.8 Å². The zero-order chi connectivity index (χ0) is 11.0. The van der Waals surface area contributed by atoms with Gasteiger partial charge in [-0.3, -0.25) is 4.79 Å². The number of alkyl halides is 1. The molecule has 1 atom stereocenters. The van der Waals surface area contributed by atoms with E-state index in [4.69, 9.17) is 11.6 Å². The summed E-state index contributed by atoms with van der Waals surface area (Å²) in [6, 6.07) is 0.200. The highest BCUT2D eigenvalue weighted by molar-refractivity contribution is 6.18. The second-order valence-electron chi connectivity index (χ2n) is 3.39. The van der Waals surface area contributed by atoms with E-state index >= 15 is 0 Å². The third kappa shape index (κ3) is 6.22. The molecule has 1 amide bonds. The maximum Gasteiger partial charge on any atom is 0.221 e. The molecule has 0 aromatic carbocycles. The Bertz CT molecular complexity index is 160. The quantitative estimate of drug-likeness (QED) is 0.659. The lowest BCUT2D eigenvalue weighted by Crippen LogP contribution is -2.41. The number of carbonyl (C=O) groups excluding carboxylic acids is 1. The molecule has 4 heteroatoms. The number of rotatable bonds is 7. The molecule has 0 saturated heterocycles. The maximum absolute atomic E-state index is 11.2. The van der Waals surface area contributed by atoms with Gasteiger partial charge < -0.3 is 10.2 Å². The minimum absolute atomic E-state index is 0.0413. The monoisotopic (exact) mass is 220 g/mol. The molecule has 0 radical (unpaired) electrons. The predicted octanol–water partition coefficient (Wildman–Crippen LogP) is 1.46. The Hall–Kier alpha value is -0.280. The van der Waals surface area contributed by atoms with Crippen molar-refractivity contribution in [2.24, 2.45) is 0 Å². The molecule has 0 aromatic rings. The van der Waals surface area contributed by atoms with Gasteiger partial charge in [0.25, 0.3) is 0 Å². The first-order chi connectivity index (χ1) is 6.63. The van der Waals surface area contributed by atoms with Crippen LogP contribution in [-0.2, 0) is 4.79 Å². The summed E-state index contributed by atoms with van der Waals surface area (Å²) in [4.78, 5) is 13.5. The molecule has 0 aliphatic heterocycles. The van der Waals surface area contributed by atoms with E-state index in [2.05, 4.69) is 24.1 Å². The molecule has 1 unspecified atom stereocenters. The van der Waals surface area contributed by atoms with Gasteiger partial charge in [-0.2, -0.15) is 0 Å². The van der Waals surface area contributed by atoms with Crippen LogP contribution in [0.15, 0.2) is 0 Å². The topological polar surface area (TPSA) is 32.3 Å². The highest BCUT2D eigenvalue weighted by Gasteiger charge is 2.09. The molecule has 0 aromatic heterocycles. The summed E-state index contributed by atoms with van der Waals surface area (Å²) in [5.41, 5.74) is 0. The van der Waals surface area contributed by atoms with Crippen LogP contribution in [0.2, 0.25) is 0 Å². The Morgan fingerprint density at radius 3 is 2.43 bits per heavy atom. The Balaban J connectivity index is 3.72. The lowest BCUT2D eigenvalue weighted by molar-refractivity contribution is -0.121. The summed E-state index contributed by atoms with van der Waals surface area (Å²) >= 11 is 5.47. The van der Waals surface area contributed by atoms with Crippen LogP contribution >= 0.6 is 11.6 Å². The van der Waals surface area contributed by atoms with Crippen molar-refractivity contribution in [2.75, 3.05) is 25.5 Å². The summed E-state index contributed by atoms with van der Waals surface area (Å²) in [5, 5.41) is 2.91. The standard InChI is InChI=1S/C10H21ClN2O/c1-4-13(5-2)8-9(3)12-10(14)6-7-11/h9H,4-8H2,1-3H3,(H,12,14). The minimum atomic E-state index is 0.0413. The first-order valence-corrected chi connectivity index (χ1v) is 5.75. The molecule has 0 fully saturated rings. The highest BCUT2D eigenvalue weighted by atomic mass is 35.5. The first kappa shape index (κ1) is 13.7. The molecule has 0 saturated carbocycles. The van der Waals surface area contributed by atoms with Crippen LogP contribution in [0.3, 0.4) is 0 Å². The van der Waals surface area contributed by atoms with E-state index in [1.807, 2.05) is 6.92 Å². The number of halogens is 1. The molecule has 0 heterocycles. The van der Waals surface area contributed by atoms with Crippen molar-refractivity contribution in [1.82, 2.24) is 10.2 Å². The van der Waals surface area contributed by atoms with E-state index in [9.17, 15) is 4.79 Å². The van der Waals surface area contributed by atoms with Crippen LogP contribution in [0.1, 0.15) is 27.2 Å². The second kappa shape index (κ2) is 8.06. The van der Waals surface area contributed by atoms with Crippen LogP contribution in [-0.4, -0.2) is 42.4 Å². The van der Waals surface area contributed by atoms with Gasteiger partial charge in [0, 0.05) is 24.9 Å². The molecular weight excluding hydrogens is 200 g/mol. The van der Waals surface area contributed by atoms with E-state index in [0.717, 1.165) is 19.6 Å². The predicted molar refractivity (Wildman–Crippen MR) is 60.7 cm³/mol. The van der Waals surface area contributed by atoms with Gasteiger partial charge in [0.2, 0.25) is 5.91 Å². The van der Waals surface area contributed by atoms with E-state index in [0.29, 0.717) is 12.3 Å². The van der Waals surface area contributed by atoms with Crippen LogP contribution in [0.25, 0.3) is 0 Å². The number of hydrogen-bond acceptors (Lipinski definition) is 2. The fraction of sp³-hybridized carbons (Fsp3) is 0.900. The summed E-state index contributed by atoms with van der Waals surface area (Å²) in [6.45, 7) is 9.21.